The summed E-state index contributed by atoms with van der Waals surface area (Å²) in [5.74, 6) is 0.560. The molecule has 0 radical (unpaired) electrons. The van der Waals surface area contributed by atoms with Crippen LogP contribution in [0.1, 0.15) is 42.4 Å². The van der Waals surface area contributed by atoms with Crippen LogP contribution in [-0.2, 0) is 11.3 Å². The fourth-order valence-electron chi connectivity index (χ4n) is 3.14. The van der Waals surface area contributed by atoms with E-state index in [2.05, 4.69) is 55.5 Å². The molecule has 2 nitrogen and oxygen atoms in total. The number of hydrogen-bond acceptors (Lipinski definition) is 1. The van der Waals surface area contributed by atoms with E-state index >= 15 is 0 Å². The third kappa shape index (κ3) is 2.85. The van der Waals surface area contributed by atoms with Crippen molar-refractivity contribution in [1.29, 1.82) is 0 Å². The highest BCUT2D eigenvalue weighted by atomic mass is 16.2. The molecule has 1 unspecified atom stereocenters. The molecule has 0 aromatic heterocycles. The molecule has 1 aliphatic heterocycles. The summed E-state index contributed by atoms with van der Waals surface area (Å²) in [7, 11) is 0. The molecule has 108 valence electrons. The summed E-state index contributed by atoms with van der Waals surface area (Å²) in [4.78, 5) is 14.3. The Balaban J connectivity index is 1.96. The fourth-order valence-corrected chi connectivity index (χ4v) is 3.14. The Morgan fingerprint density at radius 1 is 1.10 bits per heavy atom. The van der Waals surface area contributed by atoms with Gasteiger partial charge in [-0.1, -0.05) is 61.5 Å². The summed E-state index contributed by atoms with van der Waals surface area (Å²) < 4.78 is 0. The molecule has 0 saturated heterocycles. The first-order valence-electron chi connectivity index (χ1n) is 7.70. The molecule has 21 heavy (non-hydrogen) atoms. The summed E-state index contributed by atoms with van der Waals surface area (Å²) in [6, 6.07) is 19.0. The molecule has 1 atom stereocenters. The highest BCUT2D eigenvalue weighted by Gasteiger charge is 2.28. The highest BCUT2D eigenvalue weighted by molar-refractivity contribution is 5.76. The van der Waals surface area contributed by atoms with Gasteiger partial charge in [0, 0.05) is 25.4 Å². The van der Waals surface area contributed by atoms with Crippen LogP contribution in [0.4, 0.5) is 0 Å². The molecular formula is C19H21NO. The van der Waals surface area contributed by atoms with Crippen molar-refractivity contribution in [3.63, 3.8) is 0 Å². The number of amides is 1. The molecule has 1 aliphatic rings. The van der Waals surface area contributed by atoms with Gasteiger partial charge in [-0.15, -0.1) is 0 Å². The minimum atomic E-state index is 0.271. The molecule has 0 spiro atoms. The maximum absolute atomic E-state index is 12.3. The molecule has 2 aromatic carbocycles. The van der Waals surface area contributed by atoms with Crippen molar-refractivity contribution in [1.82, 2.24) is 4.90 Å². The van der Waals surface area contributed by atoms with Crippen LogP contribution in [0.5, 0.6) is 0 Å². The van der Waals surface area contributed by atoms with E-state index in [1.165, 1.54) is 16.7 Å². The summed E-state index contributed by atoms with van der Waals surface area (Å²) >= 11 is 0. The Bertz CT molecular complexity index is 620. The molecule has 1 heterocycles. The fraction of sp³-hybridized carbons (Fsp3) is 0.316. The van der Waals surface area contributed by atoms with Crippen molar-refractivity contribution in [2.75, 3.05) is 6.54 Å². The lowest BCUT2D eigenvalue weighted by atomic mass is 9.84. The zero-order chi connectivity index (χ0) is 14.7. The Morgan fingerprint density at radius 3 is 2.57 bits per heavy atom. The van der Waals surface area contributed by atoms with Crippen molar-refractivity contribution in [2.45, 2.75) is 32.2 Å². The molecule has 0 N–H and O–H groups in total. The number of nitrogens with zero attached hydrogens (tertiary/aromatic N) is 1. The molecule has 0 fully saturated rings. The number of carbonyl (C=O) groups excluding carboxylic acids is 1. The van der Waals surface area contributed by atoms with Crippen LogP contribution in [0.2, 0.25) is 0 Å². The van der Waals surface area contributed by atoms with Crippen molar-refractivity contribution in [3.05, 3.63) is 71.3 Å². The monoisotopic (exact) mass is 279 g/mol. The zero-order valence-corrected chi connectivity index (χ0v) is 12.5. The van der Waals surface area contributed by atoms with Crippen molar-refractivity contribution < 1.29 is 4.79 Å². The van der Waals surface area contributed by atoms with E-state index in [9.17, 15) is 4.79 Å². The predicted octanol–water partition coefficient (Wildman–Crippen LogP) is 3.96. The quantitative estimate of drug-likeness (QED) is 0.832. The van der Waals surface area contributed by atoms with E-state index in [1.54, 1.807) is 0 Å². The maximum atomic E-state index is 12.3. The van der Waals surface area contributed by atoms with Crippen molar-refractivity contribution in [3.8, 4) is 0 Å². The maximum Gasteiger partial charge on any atom is 0.222 e. The number of benzene rings is 2. The molecule has 3 rings (SSSR count). The average molecular weight is 279 g/mol. The van der Waals surface area contributed by atoms with E-state index in [0.717, 1.165) is 19.5 Å². The van der Waals surface area contributed by atoms with Crippen LogP contribution in [-0.4, -0.2) is 17.4 Å². The lowest BCUT2D eigenvalue weighted by Gasteiger charge is -2.35. The zero-order valence-electron chi connectivity index (χ0n) is 12.5. The topological polar surface area (TPSA) is 20.3 Å². The second-order valence-electron chi connectivity index (χ2n) is 5.69. The number of carbonyl (C=O) groups is 1. The Labute approximate surface area is 126 Å². The van der Waals surface area contributed by atoms with Crippen LogP contribution in [0.15, 0.2) is 54.6 Å². The van der Waals surface area contributed by atoms with Gasteiger partial charge in [-0.3, -0.25) is 4.79 Å². The van der Waals surface area contributed by atoms with E-state index in [-0.39, 0.29) is 11.8 Å². The first kappa shape index (κ1) is 13.9. The normalized spacial score (nSPS) is 17.4. The van der Waals surface area contributed by atoms with Gasteiger partial charge >= 0.3 is 0 Å². The van der Waals surface area contributed by atoms with Gasteiger partial charge in [0.1, 0.15) is 0 Å². The Morgan fingerprint density at radius 2 is 1.81 bits per heavy atom. The van der Waals surface area contributed by atoms with Crippen molar-refractivity contribution >= 4 is 5.91 Å². The summed E-state index contributed by atoms with van der Waals surface area (Å²) in [6.45, 7) is 3.60. The first-order valence-corrected chi connectivity index (χ1v) is 7.70. The second kappa shape index (κ2) is 6.13. The van der Waals surface area contributed by atoms with Gasteiger partial charge in [-0.05, 0) is 23.1 Å². The highest BCUT2D eigenvalue weighted by Crippen LogP contribution is 2.33. The third-order valence-corrected chi connectivity index (χ3v) is 4.21. The molecule has 1 amide bonds. The second-order valence-corrected chi connectivity index (χ2v) is 5.69. The minimum absolute atomic E-state index is 0.271. The largest absolute Gasteiger partial charge is 0.337 e. The predicted molar refractivity (Wildman–Crippen MR) is 85.1 cm³/mol. The van der Waals surface area contributed by atoms with Gasteiger partial charge in [0.25, 0.3) is 0 Å². The number of hydrogen-bond donors (Lipinski definition) is 0. The molecule has 2 heteroatoms. The van der Waals surface area contributed by atoms with E-state index < -0.39 is 0 Å². The van der Waals surface area contributed by atoms with Gasteiger partial charge in [0.05, 0.1) is 0 Å². The molecular weight excluding hydrogens is 258 g/mol. The standard InChI is InChI=1S/C19H21NO/c1-2-8-19(21)20-13-16-11-6-7-12-17(16)18(14-20)15-9-4-3-5-10-15/h3-7,9-12,18H,2,8,13-14H2,1H3. The van der Waals surface area contributed by atoms with E-state index in [0.29, 0.717) is 6.42 Å². The first-order chi connectivity index (χ1) is 10.3. The SMILES string of the molecule is CCCC(=O)N1Cc2ccccc2C(c2ccccc2)C1. The third-order valence-electron chi connectivity index (χ3n) is 4.21. The average Bonchev–Trinajstić information content (AvgIpc) is 2.55. The number of rotatable bonds is 3. The van der Waals surface area contributed by atoms with Gasteiger partial charge in [-0.2, -0.15) is 0 Å². The molecule has 2 aromatic rings. The Hall–Kier alpha value is -2.09. The minimum Gasteiger partial charge on any atom is -0.337 e. The lowest BCUT2D eigenvalue weighted by Crippen LogP contribution is -2.38. The van der Waals surface area contributed by atoms with Crippen LogP contribution < -0.4 is 0 Å². The van der Waals surface area contributed by atoms with E-state index in [1.807, 2.05) is 11.0 Å². The number of fused-ring (bicyclic) bond motifs is 1. The molecule has 0 bridgehead atoms. The van der Waals surface area contributed by atoms with Crippen LogP contribution >= 0.6 is 0 Å². The van der Waals surface area contributed by atoms with Crippen LogP contribution in [0, 0.1) is 0 Å². The Kier molecular flexibility index (Phi) is 4.05. The van der Waals surface area contributed by atoms with Gasteiger partial charge < -0.3 is 4.90 Å². The van der Waals surface area contributed by atoms with Gasteiger partial charge in [0.2, 0.25) is 5.91 Å². The van der Waals surface area contributed by atoms with Crippen LogP contribution in [0.25, 0.3) is 0 Å². The molecule has 0 aliphatic carbocycles. The van der Waals surface area contributed by atoms with Crippen LogP contribution in [0.3, 0.4) is 0 Å². The summed E-state index contributed by atoms with van der Waals surface area (Å²) in [5.41, 5.74) is 3.94. The van der Waals surface area contributed by atoms with Gasteiger partial charge in [-0.25, -0.2) is 0 Å². The van der Waals surface area contributed by atoms with Crippen molar-refractivity contribution in [2.24, 2.45) is 0 Å². The smallest absolute Gasteiger partial charge is 0.222 e. The summed E-state index contributed by atoms with van der Waals surface area (Å²) in [6.07, 6.45) is 1.55. The molecule has 0 saturated carbocycles. The van der Waals surface area contributed by atoms with E-state index in [4.69, 9.17) is 0 Å². The van der Waals surface area contributed by atoms with Gasteiger partial charge in [0.15, 0.2) is 0 Å². The lowest BCUT2D eigenvalue weighted by molar-refractivity contribution is -0.132. The summed E-state index contributed by atoms with van der Waals surface area (Å²) in [5, 5.41) is 0.